The van der Waals surface area contributed by atoms with Crippen molar-refractivity contribution in [3.8, 4) is 0 Å². The molecule has 0 aromatic heterocycles. The lowest BCUT2D eigenvalue weighted by Gasteiger charge is -2.38. The fraction of sp³-hybridized carbons (Fsp3) is 0.667. The summed E-state index contributed by atoms with van der Waals surface area (Å²) in [6, 6.07) is 5.67. The van der Waals surface area contributed by atoms with E-state index in [1.54, 1.807) is 17.0 Å². The van der Waals surface area contributed by atoms with Crippen LogP contribution in [0.5, 0.6) is 0 Å². The van der Waals surface area contributed by atoms with Gasteiger partial charge in [-0.2, -0.15) is 0 Å². The summed E-state index contributed by atoms with van der Waals surface area (Å²) in [5, 5.41) is 9.58. The van der Waals surface area contributed by atoms with Crippen molar-refractivity contribution >= 4 is 17.6 Å². The number of rotatable bonds is 4. The van der Waals surface area contributed by atoms with Crippen molar-refractivity contribution in [2.45, 2.75) is 57.5 Å². The Balaban J connectivity index is 1.96. The summed E-state index contributed by atoms with van der Waals surface area (Å²) in [6.45, 7) is 4.51. The molecule has 2 heterocycles. The number of carboxylic acids is 1. The lowest BCUT2D eigenvalue weighted by atomic mass is 9.99. The normalized spacial score (nSPS) is 20.5. The van der Waals surface area contributed by atoms with Crippen molar-refractivity contribution in [1.29, 1.82) is 0 Å². The number of amides is 1. The molecule has 1 fully saturated rings. The molecule has 0 saturated carbocycles. The summed E-state index contributed by atoms with van der Waals surface area (Å²) in [4.78, 5) is 31.3. The molecule has 0 bridgehead atoms. The van der Waals surface area contributed by atoms with Gasteiger partial charge in [0, 0.05) is 31.9 Å². The Bertz CT molecular complexity index is 746. The van der Waals surface area contributed by atoms with Gasteiger partial charge in [-0.05, 0) is 76.1 Å². The SMILES string of the molecule is COCC(=O)N1CCCCCCCN(C2CCN(C)CC2)Cc2cc(C(=O)O)ccc21. The summed E-state index contributed by atoms with van der Waals surface area (Å²) >= 11 is 0. The Hall–Kier alpha value is -1.96. The van der Waals surface area contributed by atoms with Crippen LogP contribution in [0, 0.1) is 0 Å². The van der Waals surface area contributed by atoms with Gasteiger partial charge in [-0.25, -0.2) is 4.79 Å². The van der Waals surface area contributed by atoms with Gasteiger partial charge in [-0.15, -0.1) is 0 Å². The molecule has 0 atom stereocenters. The van der Waals surface area contributed by atoms with E-state index in [4.69, 9.17) is 4.74 Å². The number of hydrogen-bond acceptors (Lipinski definition) is 5. The number of fused-ring (bicyclic) bond motifs is 1. The maximum Gasteiger partial charge on any atom is 0.335 e. The molecule has 7 heteroatoms. The molecule has 2 aliphatic heterocycles. The van der Waals surface area contributed by atoms with Gasteiger partial charge < -0.3 is 19.6 Å². The smallest absolute Gasteiger partial charge is 0.335 e. The monoisotopic (exact) mass is 431 g/mol. The first kappa shape index (κ1) is 23.7. The first-order chi connectivity index (χ1) is 15.0. The number of ether oxygens (including phenoxy) is 1. The topological polar surface area (TPSA) is 73.3 Å². The van der Waals surface area contributed by atoms with Crippen LogP contribution in [-0.2, 0) is 16.1 Å². The Morgan fingerprint density at radius 2 is 1.71 bits per heavy atom. The van der Waals surface area contributed by atoms with E-state index < -0.39 is 5.97 Å². The number of nitrogens with zero attached hydrogens (tertiary/aromatic N) is 3. The summed E-state index contributed by atoms with van der Waals surface area (Å²) in [5.74, 6) is -1.01. The van der Waals surface area contributed by atoms with Crippen molar-refractivity contribution in [1.82, 2.24) is 9.80 Å². The highest BCUT2D eigenvalue weighted by atomic mass is 16.5. The predicted octanol–water partition coefficient (Wildman–Crippen LogP) is 3.22. The van der Waals surface area contributed by atoms with Gasteiger partial charge in [0.05, 0.1) is 5.56 Å². The number of benzene rings is 1. The molecule has 1 N–H and O–H groups in total. The summed E-state index contributed by atoms with van der Waals surface area (Å²) in [7, 11) is 3.70. The van der Waals surface area contributed by atoms with Crippen molar-refractivity contribution < 1.29 is 19.4 Å². The molecule has 0 spiro atoms. The molecule has 1 aromatic carbocycles. The van der Waals surface area contributed by atoms with Gasteiger partial charge in [0.25, 0.3) is 5.91 Å². The Morgan fingerprint density at radius 1 is 1.03 bits per heavy atom. The molecule has 31 heavy (non-hydrogen) atoms. The third-order valence-corrected chi connectivity index (χ3v) is 6.59. The van der Waals surface area contributed by atoms with Crippen molar-refractivity contribution in [2.24, 2.45) is 0 Å². The average molecular weight is 432 g/mol. The number of carbonyl (C=O) groups is 2. The van der Waals surface area contributed by atoms with Crippen molar-refractivity contribution in [3.05, 3.63) is 29.3 Å². The number of piperidine rings is 1. The Morgan fingerprint density at radius 3 is 2.39 bits per heavy atom. The number of methoxy groups -OCH3 is 1. The van der Waals surface area contributed by atoms with Crippen LogP contribution >= 0.6 is 0 Å². The number of aromatic carboxylic acids is 1. The number of likely N-dealkylation sites (tertiary alicyclic amines) is 1. The van der Waals surface area contributed by atoms with E-state index in [1.807, 2.05) is 6.07 Å². The fourth-order valence-electron chi connectivity index (χ4n) is 4.77. The zero-order valence-corrected chi connectivity index (χ0v) is 19.0. The van der Waals surface area contributed by atoms with Crippen LogP contribution in [0.3, 0.4) is 0 Å². The zero-order valence-electron chi connectivity index (χ0n) is 19.0. The van der Waals surface area contributed by atoms with Gasteiger partial charge in [-0.3, -0.25) is 9.69 Å². The van der Waals surface area contributed by atoms with Gasteiger partial charge >= 0.3 is 5.97 Å². The number of carboxylic acid groups (broad SMARTS) is 1. The average Bonchev–Trinajstić information content (AvgIpc) is 2.74. The summed E-state index contributed by atoms with van der Waals surface area (Å²) < 4.78 is 5.13. The van der Waals surface area contributed by atoms with E-state index in [0.29, 0.717) is 19.1 Å². The minimum absolute atomic E-state index is 0.0266. The molecule has 0 aliphatic carbocycles. The number of hydrogen-bond donors (Lipinski definition) is 1. The third-order valence-electron chi connectivity index (χ3n) is 6.59. The fourth-order valence-corrected chi connectivity index (χ4v) is 4.77. The molecule has 1 saturated heterocycles. The summed E-state index contributed by atoms with van der Waals surface area (Å²) in [6.07, 6.45) is 7.80. The minimum atomic E-state index is -0.936. The second-order valence-electron chi connectivity index (χ2n) is 8.90. The largest absolute Gasteiger partial charge is 0.478 e. The minimum Gasteiger partial charge on any atom is -0.478 e. The van der Waals surface area contributed by atoms with Crippen LogP contribution in [0.4, 0.5) is 5.69 Å². The molecule has 7 nitrogen and oxygen atoms in total. The van der Waals surface area contributed by atoms with Gasteiger partial charge in [-0.1, -0.05) is 19.3 Å². The predicted molar refractivity (Wildman–Crippen MR) is 122 cm³/mol. The maximum absolute atomic E-state index is 12.9. The van der Waals surface area contributed by atoms with E-state index >= 15 is 0 Å². The van der Waals surface area contributed by atoms with Crippen LogP contribution in [0.2, 0.25) is 0 Å². The molecule has 2 aliphatic rings. The number of carbonyl (C=O) groups excluding carboxylic acids is 1. The summed E-state index contributed by atoms with van der Waals surface area (Å²) in [5.41, 5.74) is 2.02. The van der Waals surface area contributed by atoms with E-state index in [-0.39, 0.29) is 18.1 Å². The van der Waals surface area contributed by atoms with Crippen molar-refractivity contribution in [2.75, 3.05) is 51.8 Å². The molecule has 172 valence electrons. The Labute approximate surface area is 185 Å². The highest BCUT2D eigenvalue weighted by molar-refractivity contribution is 5.96. The Kier molecular flexibility index (Phi) is 8.87. The first-order valence-corrected chi connectivity index (χ1v) is 11.6. The molecule has 0 unspecified atom stereocenters. The van der Waals surface area contributed by atoms with E-state index in [1.165, 1.54) is 20.0 Å². The van der Waals surface area contributed by atoms with E-state index in [0.717, 1.165) is 63.0 Å². The van der Waals surface area contributed by atoms with Crippen LogP contribution in [0.25, 0.3) is 0 Å². The van der Waals surface area contributed by atoms with E-state index in [9.17, 15) is 14.7 Å². The highest BCUT2D eigenvalue weighted by Gasteiger charge is 2.26. The van der Waals surface area contributed by atoms with Crippen LogP contribution in [0.1, 0.15) is 60.9 Å². The standard InChI is InChI=1S/C24H37N3O4/c1-25-14-10-21(11-15-25)26-12-6-4-3-5-7-13-27(23(28)18-31-2)22-9-8-19(24(29)30)16-20(22)17-26/h8-9,16,21H,3-7,10-15,17-18H2,1-2H3,(H,29,30). The van der Waals surface area contributed by atoms with Crippen molar-refractivity contribution in [3.63, 3.8) is 0 Å². The molecule has 3 rings (SSSR count). The maximum atomic E-state index is 12.9. The molecule has 1 amide bonds. The zero-order chi connectivity index (χ0) is 22.2. The van der Waals surface area contributed by atoms with Gasteiger partial charge in [0.1, 0.15) is 6.61 Å². The number of anilines is 1. The first-order valence-electron chi connectivity index (χ1n) is 11.6. The lowest BCUT2D eigenvalue weighted by molar-refractivity contribution is -0.122. The second-order valence-corrected chi connectivity index (χ2v) is 8.90. The van der Waals surface area contributed by atoms with Crippen LogP contribution < -0.4 is 4.90 Å². The van der Waals surface area contributed by atoms with Crippen LogP contribution in [0.15, 0.2) is 18.2 Å². The van der Waals surface area contributed by atoms with Gasteiger partial charge in [0.2, 0.25) is 0 Å². The van der Waals surface area contributed by atoms with Crippen LogP contribution in [-0.4, -0.2) is 79.8 Å². The van der Waals surface area contributed by atoms with E-state index in [2.05, 4.69) is 16.8 Å². The second kappa shape index (κ2) is 11.6. The quantitative estimate of drug-likeness (QED) is 0.789. The molecular formula is C24H37N3O4. The molecule has 1 aromatic rings. The third kappa shape index (κ3) is 6.51. The van der Waals surface area contributed by atoms with Gasteiger partial charge in [0.15, 0.2) is 0 Å². The lowest BCUT2D eigenvalue weighted by Crippen LogP contribution is -2.44. The highest BCUT2D eigenvalue weighted by Crippen LogP contribution is 2.28. The molecule has 0 radical (unpaired) electrons. The molecular weight excluding hydrogens is 394 g/mol.